The lowest BCUT2D eigenvalue weighted by Crippen LogP contribution is -2.47. The second-order valence-electron chi connectivity index (χ2n) is 6.93. The van der Waals surface area contributed by atoms with Crippen LogP contribution in [-0.2, 0) is 6.54 Å². The summed E-state index contributed by atoms with van der Waals surface area (Å²) in [6.45, 7) is 0.743. The zero-order valence-corrected chi connectivity index (χ0v) is 19.5. The third-order valence-corrected chi connectivity index (χ3v) is 4.63. The molecule has 31 heavy (non-hydrogen) atoms. The molecule has 3 rings (SSSR count). The van der Waals surface area contributed by atoms with Gasteiger partial charge in [0.25, 0.3) is 0 Å². The fourth-order valence-electron chi connectivity index (χ4n) is 3.15. The highest BCUT2D eigenvalue weighted by atomic mass is 127. The molecule has 1 aliphatic heterocycles. The Morgan fingerprint density at radius 2 is 1.87 bits per heavy atom. The van der Waals surface area contributed by atoms with E-state index < -0.39 is 12.8 Å². The Morgan fingerprint density at radius 1 is 1.16 bits per heavy atom. The molecule has 10 heteroatoms. The van der Waals surface area contributed by atoms with Crippen molar-refractivity contribution in [1.29, 1.82) is 0 Å². The second-order valence-corrected chi connectivity index (χ2v) is 6.93. The van der Waals surface area contributed by atoms with Gasteiger partial charge >= 0.3 is 6.18 Å². The Balaban J connectivity index is 0.00000341. The molecule has 0 amide bonds. The summed E-state index contributed by atoms with van der Waals surface area (Å²) in [5.74, 6) is 1.60. The van der Waals surface area contributed by atoms with Crippen molar-refractivity contribution in [1.82, 2.24) is 15.2 Å². The molecule has 0 aliphatic carbocycles. The van der Waals surface area contributed by atoms with Crippen LogP contribution in [0.5, 0.6) is 11.6 Å². The second kappa shape index (κ2) is 12.0. The smallest absolute Gasteiger partial charge is 0.422 e. The largest absolute Gasteiger partial charge is 0.490 e. The molecule has 2 aromatic rings. The van der Waals surface area contributed by atoms with Crippen LogP contribution < -0.4 is 14.8 Å². The number of likely N-dealkylation sites (tertiary alicyclic amines) is 1. The minimum Gasteiger partial charge on any atom is -0.490 e. The number of nitrogens with zero attached hydrogens (tertiary/aromatic N) is 3. The summed E-state index contributed by atoms with van der Waals surface area (Å²) in [5, 5.41) is 3.27. The quantitative estimate of drug-likeness (QED) is 0.331. The van der Waals surface area contributed by atoms with Gasteiger partial charge in [0.1, 0.15) is 11.9 Å². The summed E-state index contributed by atoms with van der Waals surface area (Å²) in [6.07, 6.45) is -0.930. The highest BCUT2D eigenvalue weighted by Crippen LogP contribution is 2.19. The zero-order valence-electron chi connectivity index (χ0n) is 17.1. The molecule has 0 bridgehead atoms. The Morgan fingerprint density at radius 3 is 2.45 bits per heavy atom. The van der Waals surface area contributed by atoms with Crippen molar-refractivity contribution in [3.8, 4) is 11.6 Å². The van der Waals surface area contributed by atoms with Crippen molar-refractivity contribution in [3.63, 3.8) is 0 Å². The predicted octanol–water partition coefficient (Wildman–Crippen LogP) is 4.26. The first-order valence-electron chi connectivity index (χ1n) is 9.75. The lowest BCUT2D eigenvalue weighted by atomic mass is 10.1. The summed E-state index contributed by atoms with van der Waals surface area (Å²) in [4.78, 5) is 10.4. The van der Waals surface area contributed by atoms with Gasteiger partial charge < -0.3 is 19.7 Å². The standard InChI is InChI=1S/C21H25F3N4O2.HI/c1-25-20(27-14-16-7-8-19(26-13-16)29-15-21(22,23)24)28-11-9-18(10-12-28)30-17-5-3-2-4-6-17;/h2-8,13,18H,9-12,14-15H2,1H3,(H,25,27);1H. The molecular formula is C21H26F3IN4O2. The topological polar surface area (TPSA) is 59.0 Å². The van der Waals surface area contributed by atoms with Crippen LogP contribution >= 0.6 is 24.0 Å². The number of aromatic nitrogens is 1. The first-order valence-corrected chi connectivity index (χ1v) is 9.75. The van der Waals surface area contributed by atoms with E-state index in [2.05, 4.69) is 24.9 Å². The van der Waals surface area contributed by atoms with E-state index in [0.717, 1.165) is 43.2 Å². The lowest BCUT2D eigenvalue weighted by Gasteiger charge is -2.34. The van der Waals surface area contributed by atoms with Crippen molar-refractivity contribution in [2.75, 3.05) is 26.7 Å². The summed E-state index contributed by atoms with van der Waals surface area (Å²) in [7, 11) is 1.72. The number of nitrogens with one attached hydrogen (secondary N) is 1. The number of hydrogen-bond donors (Lipinski definition) is 1. The maximum atomic E-state index is 12.2. The van der Waals surface area contributed by atoms with Crippen LogP contribution in [0.2, 0.25) is 0 Å². The summed E-state index contributed by atoms with van der Waals surface area (Å²) in [5.41, 5.74) is 0.817. The van der Waals surface area contributed by atoms with Crippen LogP contribution in [0, 0.1) is 0 Å². The van der Waals surface area contributed by atoms with Gasteiger partial charge in [0.2, 0.25) is 5.88 Å². The number of aliphatic imine (C=N–C) groups is 1. The molecule has 1 N–H and O–H groups in total. The van der Waals surface area contributed by atoms with Gasteiger partial charge in [-0.2, -0.15) is 13.2 Å². The number of alkyl halides is 3. The molecule has 1 fully saturated rings. The summed E-state index contributed by atoms with van der Waals surface area (Å²) in [6, 6.07) is 12.9. The van der Waals surface area contributed by atoms with Crippen LogP contribution in [-0.4, -0.2) is 54.9 Å². The van der Waals surface area contributed by atoms with Crippen LogP contribution in [0.3, 0.4) is 0 Å². The first kappa shape index (κ1) is 25.0. The monoisotopic (exact) mass is 550 g/mol. The molecule has 6 nitrogen and oxygen atoms in total. The number of ether oxygens (including phenoxy) is 2. The number of piperidine rings is 1. The van der Waals surface area contributed by atoms with Gasteiger partial charge in [-0.1, -0.05) is 24.3 Å². The van der Waals surface area contributed by atoms with Crippen molar-refractivity contribution in [3.05, 3.63) is 54.2 Å². The van der Waals surface area contributed by atoms with Gasteiger partial charge in [-0.05, 0) is 17.7 Å². The van der Waals surface area contributed by atoms with Crippen molar-refractivity contribution >= 4 is 29.9 Å². The molecule has 1 aliphatic rings. The lowest BCUT2D eigenvalue weighted by molar-refractivity contribution is -0.154. The van der Waals surface area contributed by atoms with Crippen molar-refractivity contribution < 1.29 is 22.6 Å². The highest BCUT2D eigenvalue weighted by Gasteiger charge is 2.28. The van der Waals surface area contributed by atoms with E-state index in [1.54, 1.807) is 13.1 Å². The molecule has 170 valence electrons. The first-order chi connectivity index (χ1) is 14.4. The van der Waals surface area contributed by atoms with Crippen LogP contribution in [0.15, 0.2) is 53.7 Å². The molecular weight excluding hydrogens is 524 g/mol. The van der Waals surface area contributed by atoms with E-state index in [1.165, 1.54) is 12.3 Å². The van der Waals surface area contributed by atoms with Crippen LogP contribution in [0.4, 0.5) is 13.2 Å². The van der Waals surface area contributed by atoms with Gasteiger partial charge in [0.05, 0.1) is 0 Å². The minimum absolute atomic E-state index is 0. The molecule has 2 heterocycles. The predicted molar refractivity (Wildman–Crippen MR) is 123 cm³/mol. The SMILES string of the molecule is CN=C(NCc1ccc(OCC(F)(F)F)nc1)N1CCC(Oc2ccccc2)CC1.I. The average Bonchev–Trinajstić information content (AvgIpc) is 2.75. The number of guanidine groups is 1. The third kappa shape index (κ3) is 8.42. The van der Waals surface area contributed by atoms with Crippen molar-refractivity contribution in [2.45, 2.75) is 31.7 Å². The number of rotatable bonds is 6. The van der Waals surface area contributed by atoms with Gasteiger partial charge in [-0.15, -0.1) is 24.0 Å². The molecule has 0 spiro atoms. The fourth-order valence-corrected chi connectivity index (χ4v) is 3.15. The summed E-state index contributed by atoms with van der Waals surface area (Å²) >= 11 is 0. The molecule has 0 unspecified atom stereocenters. The normalized spacial score (nSPS) is 15.2. The molecule has 0 atom stereocenters. The maximum absolute atomic E-state index is 12.2. The molecule has 1 aromatic heterocycles. The van der Waals surface area contributed by atoms with Gasteiger partial charge in [0, 0.05) is 51.8 Å². The van der Waals surface area contributed by atoms with Crippen molar-refractivity contribution in [2.24, 2.45) is 4.99 Å². The number of para-hydroxylation sites is 1. The number of halogens is 4. The zero-order chi connectivity index (χ0) is 21.4. The molecule has 1 saturated heterocycles. The fraction of sp³-hybridized carbons (Fsp3) is 0.429. The molecule has 0 radical (unpaired) electrons. The number of benzene rings is 1. The Hall–Kier alpha value is -2.24. The number of pyridine rings is 1. The van der Waals surface area contributed by atoms with Gasteiger partial charge in [-0.25, -0.2) is 4.98 Å². The summed E-state index contributed by atoms with van der Waals surface area (Å²) < 4.78 is 47.2. The van der Waals surface area contributed by atoms with Crippen LogP contribution in [0.25, 0.3) is 0 Å². The van der Waals surface area contributed by atoms with E-state index in [-0.39, 0.29) is 36.0 Å². The van der Waals surface area contributed by atoms with E-state index in [0.29, 0.717) is 6.54 Å². The average molecular weight is 550 g/mol. The highest BCUT2D eigenvalue weighted by molar-refractivity contribution is 14.0. The minimum atomic E-state index is -4.38. The molecule has 1 aromatic carbocycles. The van der Waals surface area contributed by atoms with Gasteiger partial charge in [0.15, 0.2) is 12.6 Å². The third-order valence-electron chi connectivity index (χ3n) is 4.63. The van der Waals surface area contributed by atoms with Gasteiger partial charge in [-0.3, -0.25) is 4.99 Å². The van der Waals surface area contributed by atoms with Crippen LogP contribution in [0.1, 0.15) is 18.4 Å². The van der Waals surface area contributed by atoms with E-state index in [4.69, 9.17) is 4.74 Å². The number of hydrogen-bond acceptors (Lipinski definition) is 4. The van der Waals surface area contributed by atoms with E-state index in [9.17, 15) is 13.2 Å². The van der Waals surface area contributed by atoms with E-state index in [1.807, 2.05) is 30.3 Å². The maximum Gasteiger partial charge on any atom is 0.422 e. The van der Waals surface area contributed by atoms with E-state index >= 15 is 0 Å². The Bertz CT molecular complexity index is 812. The Kier molecular flexibility index (Phi) is 9.66. The Labute approximate surface area is 196 Å². The molecule has 0 saturated carbocycles.